The Labute approximate surface area is 92.9 Å². The summed E-state index contributed by atoms with van der Waals surface area (Å²) in [7, 11) is 0. The summed E-state index contributed by atoms with van der Waals surface area (Å²) in [6.07, 6.45) is 1.81. The van der Waals surface area contributed by atoms with Gasteiger partial charge >= 0.3 is 0 Å². The molecule has 1 aromatic heterocycles. The Balaban J connectivity index is 2.08. The Morgan fingerprint density at radius 3 is 2.75 bits per heavy atom. The van der Waals surface area contributed by atoms with E-state index in [9.17, 15) is 4.79 Å². The van der Waals surface area contributed by atoms with E-state index >= 15 is 0 Å². The third-order valence-corrected chi connectivity index (χ3v) is 2.69. The van der Waals surface area contributed by atoms with Gasteiger partial charge < -0.3 is 5.32 Å². The molecule has 80 valence electrons. The van der Waals surface area contributed by atoms with Gasteiger partial charge in [0.25, 0.3) is 0 Å². The van der Waals surface area contributed by atoms with Gasteiger partial charge in [0.2, 0.25) is 0 Å². The molecule has 0 aliphatic carbocycles. The summed E-state index contributed by atoms with van der Waals surface area (Å²) in [5, 5.41) is 7.43. The lowest BCUT2D eigenvalue weighted by atomic mass is 10.1. The maximum atomic E-state index is 11.6. The molecular weight excluding hydrogens is 202 g/mol. The van der Waals surface area contributed by atoms with Crippen LogP contribution in [0.5, 0.6) is 0 Å². The fourth-order valence-corrected chi connectivity index (χ4v) is 1.88. The van der Waals surface area contributed by atoms with Crippen LogP contribution in [0.2, 0.25) is 0 Å². The van der Waals surface area contributed by atoms with Crippen LogP contribution in [0.15, 0.2) is 36.5 Å². The fourth-order valence-electron chi connectivity index (χ4n) is 1.88. The van der Waals surface area contributed by atoms with E-state index in [2.05, 4.69) is 10.4 Å². The number of carbonyl (C=O) groups is 1. The van der Waals surface area contributed by atoms with Crippen LogP contribution in [0.1, 0.15) is 16.1 Å². The number of fused-ring (bicyclic) bond motifs is 1. The zero-order chi connectivity index (χ0) is 11.0. The zero-order valence-corrected chi connectivity index (χ0v) is 8.68. The predicted octanol–water partition coefficient (Wildman–Crippen LogP) is 1.16. The average Bonchev–Trinajstić information content (AvgIpc) is 2.76. The standard InChI is InChI=1S/C12H11N3O/c16-12-7-13-6-11-10(12)8-15(14-11)9-4-2-1-3-5-9/h1-5,8,13H,6-7H2. The minimum absolute atomic E-state index is 0.114. The molecule has 0 saturated heterocycles. The number of rotatable bonds is 1. The van der Waals surface area contributed by atoms with Gasteiger partial charge in [-0.1, -0.05) is 18.2 Å². The Bertz CT molecular complexity index is 530. The summed E-state index contributed by atoms with van der Waals surface area (Å²) < 4.78 is 1.76. The minimum Gasteiger partial charge on any atom is -0.304 e. The number of carbonyl (C=O) groups excluding carboxylic acids is 1. The van der Waals surface area contributed by atoms with Crippen molar-refractivity contribution in [1.29, 1.82) is 0 Å². The molecule has 4 nitrogen and oxygen atoms in total. The Morgan fingerprint density at radius 1 is 1.19 bits per heavy atom. The van der Waals surface area contributed by atoms with Crippen LogP contribution in [-0.2, 0) is 6.54 Å². The SMILES string of the molecule is O=C1CNCc2nn(-c3ccccc3)cc21. The molecule has 1 aromatic carbocycles. The van der Waals surface area contributed by atoms with Crippen molar-refractivity contribution >= 4 is 5.78 Å². The molecule has 2 heterocycles. The molecule has 0 radical (unpaired) electrons. The van der Waals surface area contributed by atoms with E-state index in [0.29, 0.717) is 13.1 Å². The van der Waals surface area contributed by atoms with Crippen molar-refractivity contribution in [2.45, 2.75) is 6.54 Å². The Kier molecular flexibility index (Phi) is 2.08. The molecule has 0 atom stereocenters. The third-order valence-electron chi connectivity index (χ3n) is 2.69. The number of Topliss-reactive ketones (excluding diaryl/α,β-unsaturated/α-hetero) is 1. The monoisotopic (exact) mass is 213 g/mol. The number of hydrogen-bond donors (Lipinski definition) is 1. The highest BCUT2D eigenvalue weighted by molar-refractivity contribution is 5.99. The van der Waals surface area contributed by atoms with E-state index in [0.717, 1.165) is 16.9 Å². The molecule has 4 heteroatoms. The fraction of sp³-hybridized carbons (Fsp3) is 0.167. The summed E-state index contributed by atoms with van der Waals surface area (Å²) in [6.45, 7) is 1.08. The quantitative estimate of drug-likeness (QED) is 0.773. The molecule has 3 rings (SSSR count). The van der Waals surface area contributed by atoms with E-state index in [1.165, 1.54) is 0 Å². The molecule has 16 heavy (non-hydrogen) atoms. The van der Waals surface area contributed by atoms with Crippen molar-refractivity contribution in [3.05, 3.63) is 47.8 Å². The first-order valence-electron chi connectivity index (χ1n) is 5.22. The van der Waals surface area contributed by atoms with Crippen LogP contribution < -0.4 is 5.32 Å². The number of ketones is 1. The molecule has 0 amide bonds. The van der Waals surface area contributed by atoms with Crippen LogP contribution in [0.4, 0.5) is 0 Å². The highest BCUT2D eigenvalue weighted by Crippen LogP contribution is 2.15. The van der Waals surface area contributed by atoms with Crippen LogP contribution in [0, 0.1) is 0 Å². The summed E-state index contributed by atoms with van der Waals surface area (Å²) in [5.41, 5.74) is 2.55. The van der Waals surface area contributed by atoms with Crippen molar-refractivity contribution in [1.82, 2.24) is 15.1 Å². The number of hydrogen-bond acceptors (Lipinski definition) is 3. The smallest absolute Gasteiger partial charge is 0.180 e. The Hall–Kier alpha value is -1.94. The lowest BCUT2D eigenvalue weighted by molar-refractivity contribution is 0.0982. The molecule has 0 spiro atoms. The highest BCUT2D eigenvalue weighted by Gasteiger charge is 2.20. The second kappa shape index (κ2) is 3.57. The van der Waals surface area contributed by atoms with Crippen LogP contribution in [0.3, 0.4) is 0 Å². The second-order valence-electron chi connectivity index (χ2n) is 3.80. The maximum Gasteiger partial charge on any atom is 0.180 e. The molecule has 0 bridgehead atoms. The Morgan fingerprint density at radius 2 is 2.00 bits per heavy atom. The zero-order valence-electron chi connectivity index (χ0n) is 8.68. The van der Waals surface area contributed by atoms with Gasteiger partial charge in [0.15, 0.2) is 5.78 Å². The number of aromatic nitrogens is 2. The van der Waals surface area contributed by atoms with Crippen LogP contribution >= 0.6 is 0 Å². The first kappa shape index (κ1) is 9.30. The normalized spacial score (nSPS) is 14.9. The van der Waals surface area contributed by atoms with Gasteiger partial charge in [0, 0.05) is 12.7 Å². The molecular formula is C12H11N3O. The molecule has 2 aromatic rings. The van der Waals surface area contributed by atoms with Gasteiger partial charge in [-0.25, -0.2) is 4.68 Å². The second-order valence-corrected chi connectivity index (χ2v) is 3.80. The first-order chi connectivity index (χ1) is 7.84. The van der Waals surface area contributed by atoms with Gasteiger partial charge in [-0.2, -0.15) is 5.10 Å². The van der Waals surface area contributed by atoms with E-state index in [1.54, 1.807) is 4.68 Å². The molecule has 1 aliphatic heterocycles. The summed E-state index contributed by atoms with van der Waals surface area (Å²) in [4.78, 5) is 11.6. The first-order valence-corrected chi connectivity index (χ1v) is 5.22. The molecule has 0 unspecified atom stereocenters. The number of nitrogens with one attached hydrogen (secondary N) is 1. The highest BCUT2D eigenvalue weighted by atomic mass is 16.1. The van der Waals surface area contributed by atoms with Gasteiger partial charge in [-0.05, 0) is 12.1 Å². The largest absolute Gasteiger partial charge is 0.304 e. The van der Waals surface area contributed by atoms with E-state index in [1.807, 2.05) is 36.5 Å². The number of nitrogens with zero attached hydrogens (tertiary/aromatic N) is 2. The van der Waals surface area contributed by atoms with Gasteiger partial charge in [-0.3, -0.25) is 4.79 Å². The van der Waals surface area contributed by atoms with Gasteiger partial charge in [0.05, 0.1) is 23.5 Å². The number of benzene rings is 1. The number of para-hydroxylation sites is 1. The minimum atomic E-state index is 0.114. The third kappa shape index (κ3) is 1.44. The summed E-state index contributed by atoms with van der Waals surface area (Å²) in [5.74, 6) is 0.114. The van der Waals surface area contributed by atoms with E-state index in [-0.39, 0.29) is 5.78 Å². The lowest BCUT2D eigenvalue weighted by Gasteiger charge is -2.08. The van der Waals surface area contributed by atoms with Crippen LogP contribution in [0.25, 0.3) is 5.69 Å². The van der Waals surface area contributed by atoms with E-state index < -0.39 is 0 Å². The van der Waals surface area contributed by atoms with Crippen molar-refractivity contribution in [2.75, 3.05) is 6.54 Å². The van der Waals surface area contributed by atoms with Crippen molar-refractivity contribution in [2.24, 2.45) is 0 Å². The molecule has 0 fully saturated rings. The average molecular weight is 213 g/mol. The molecule has 0 saturated carbocycles. The molecule has 1 aliphatic rings. The van der Waals surface area contributed by atoms with Crippen molar-refractivity contribution < 1.29 is 4.79 Å². The lowest BCUT2D eigenvalue weighted by Crippen LogP contribution is -2.29. The van der Waals surface area contributed by atoms with Crippen LogP contribution in [-0.4, -0.2) is 22.1 Å². The van der Waals surface area contributed by atoms with E-state index in [4.69, 9.17) is 0 Å². The van der Waals surface area contributed by atoms with Crippen molar-refractivity contribution in [3.63, 3.8) is 0 Å². The van der Waals surface area contributed by atoms with Gasteiger partial charge in [-0.15, -0.1) is 0 Å². The topological polar surface area (TPSA) is 46.9 Å². The summed E-state index contributed by atoms with van der Waals surface area (Å²) >= 11 is 0. The maximum absolute atomic E-state index is 11.6. The molecule has 1 N–H and O–H groups in total. The van der Waals surface area contributed by atoms with Gasteiger partial charge in [0.1, 0.15) is 0 Å². The van der Waals surface area contributed by atoms with Crippen molar-refractivity contribution in [3.8, 4) is 5.69 Å². The predicted molar refractivity (Wildman–Crippen MR) is 59.6 cm³/mol. The summed E-state index contributed by atoms with van der Waals surface area (Å²) in [6, 6.07) is 9.80.